The fourth-order valence-corrected chi connectivity index (χ4v) is 1.61. The van der Waals surface area contributed by atoms with E-state index in [4.69, 9.17) is 16.3 Å². The summed E-state index contributed by atoms with van der Waals surface area (Å²) in [5, 5.41) is 10.6. The van der Waals surface area contributed by atoms with Crippen molar-refractivity contribution in [2.45, 2.75) is 6.61 Å². The summed E-state index contributed by atoms with van der Waals surface area (Å²) in [7, 11) is 0. The summed E-state index contributed by atoms with van der Waals surface area (Å²) >= 11 is 5.55. The highest BCUT2D eigenvalue weighted by Crippen LogP contribution is 2.21. The molecule has 0 N–H and O–H groups in total. The third kappa shape index (κ3) is 3.42. The Morgan fingerprint density at radius 3 is 2.74 bits per heavy atom. The van der Waals surface area contributed by atoms with E-state index >= 15 is 0 Å². The van der Waals surface area contributed by atoms with Crippen LogP contribution in [0.25, 0.3) is 0 Å². The highest BCUT2D eigenvalue weighted by molar-refractivity contribution is 6.30. The number of rotatable bonds is 4. The quantitative estimate of drug-likeness (QED) is 0.629. The molecule has 0 heterocycles. The average molecular weight is 282 g/mol. The van der Waals surface area contributed by atoms with Gasteiger partial charge in [-0.05, 0) is 17.7 Å². The van der Waals surface area contributed by atoms with Gasteiger partial charge in [-0.25, -0.2) is 4.39 Å². The van der Waals surface area contributed by atoms with Crippen LogP contribution in [-0.4, -0.2) is 4.92 Å². The Labute approximate surface area is 113 Å². The number of nitro groups is 1. The lowest BCUT2D eigenvalue weighted by molar-refractivity contribution is -0.384. The zero-order valence-electron chi connectivity index (χ0n) is 9.68. The van der Waals surface area contributed by atoms with Gasteiger partial charge in [-0.2, -0.15) is 0 Å². The van der Waals surface area contributed by atoms with Crippen LogP contribution in [0.3, 0.4) is 0 Å². The van der Waals surface area contributed by atoms with Gasteiger partial charge in [0.15, 0.2) is 0 Å². The van der Waals surface area contributed by atoms with Crippen molar-refractivity contribution in [3.05, 3.63) is 69.0 Å². The van der Waals surface area contributed by atoms with E-state index in [2.05, 4.69) is 0 Å². The van der Waals surface area contributed by atoms with Crippen molar-refractivity contribution in [3.8, 4) is 5.75 Å². The van der Waals surface area contributed by atoms with Gasteiger partial charge in [0.05, 0.1) is 9.95 Å². The fraction of sp³-hybridized carbons (Fsp3) is 0.0769. The maximum Gasteiger partial charge on any atom is 0.269 e. The first kappa shape index (κ1) is 13.3. The van der Waals surface area contributed by atoms with Crippen LogP contribution in [0.1, 0.15) is 5.56 Å². The van der Waals surface area contributed by atoms with Gasteiger partial charge in [0, 0.05) is 18.2 Å². The first-order valence-corrected chi connectivity index (χ1v) is 5.75. The van der Waals surface area contributed by atoms with Crippen LogP contribution in [0.5, 0.6) is 5.75 Å². The van der Waals surface area contributed by atoms with E-state index in [0.717, 1.165) is 0 Å². The summed E-state index contributed by atoms with van der Waals surface area (Å²) in [5.74, 6) is -0.258. The van der Waals surface area contributed by atoms with E-state index in [-0.39, 0.29) is 17.3 Å². The second-order valence-corrected chi connectivity index (χ2v) is 4.20. The van der Waals surface area contributed by atoms with Gasteiger partial charge in [0.2, 0.25) is 0 Å². The lowest BCUT2D eigenvalue weighted by atomic mass is 10.2. The molecular weight excluding hydrogens is 273 g/mol. The van der Waals surface area contributed by atoms with Gasteiger partial charge in [0.1, 0.15) is 18.2 Å². The van der Waals surface area contributed by atoms with Crippen molar-refractivity contribution in [2.75, 3.05) is 0 Å². The van der Waals surface area contributed by atoms with Crippen molar-refractivity contribution < 1.29 is 14.1 Å². The van der Waals surface area contributed by atoms with Crippen LogP contribution in [0.4, 0.5) is 10.1 Å². The highest BCUT2D eigenvalue weighted by Gasteiger charge is 2.07. The number of benzene rings is 2. The molecule has 0 fully saturated rings. The van der Waals surface area contributed by atoms with Crippen molar-refractivity contribution in [3.63, 3.8) is 0 Å². The van der Waals surface area contributed by atoms with E-state index in [0.29, 0.717) is 11.3 Å². The standard InChI is InChI=1S/C13H9ClFNO3/c14-12-5-4-11(7-13(12)15)19-8-9-2-1-3-10(6-9)16(17)18/h1-7H,8H2. The molecule has 0 bridgehead atoms. The molecule has 6 heteroatoms. The molecule has 0 radical (unpaired) electrons. The maximum absolute atomic E-state index is 13.2. The highest BCUT2D eigenvalue weighted by atomic mass is 35.5. The van der Waals surface area contributed by atoms with Crippen molar-refractivity contribution in [1.82, 2.24) is 0 Å². The Hall–Kier alpha value is -2.14. The van der Waals surface area contributed by atoms with Gasteiger partial charge in [-0.3, -0.25) is 10.1 Å². The van der Waals surface area contributed by atoms with Gasteiger partial charge in [-0.1, -0.05) is 23.7 Å². The molecule has 0 aliphatic heterocycles. The molecule has 98 valence electrons. The Kier molecular flexibility index (Phi) is 3.97. The van der Waals surface area contributed by atoms with Gasteiger partial charge >= 0.3 is 0 Å². The van der Waals surface area contributed by atoms with Gasteiger partial charge < -0.3 is 4.74 Å². The topological polar surface area (TPSA) is 52.4 Å². The summed E-state index contributed by atoms with van der Waals surface area (Å²) < 4.78 is 18.5. The predicted octanol–water partition coefficient (Wildman–Crippen LogP) is 3.97. The number of nitrogens with zero attached hydrogens (tertiary/aromatic N) is 1. The van der Waals surface area contributed by atoms with Crippen molar-refractivity contribution in [2.24, 2.45) is 0 Å². The molecular formula is C13H9ClFNO3. The minimum absolute atomic E-state index is 0.0108. The zero-order valence-corrected chi connectivity index (χ0v) is 10.4. The molecule has 0 amide bonds. The molecule has 0 saturated carbocycles. The van der Waals surface area contributed by atoms with Crippen molar-refractivity contribution in [1.29, 1.82) is 0 Å². The van der Waals surface area contributed by atoms with E-state index in [1.165, 1.54) is 30.3 Å². The van der Waals surface area contributed by atoms with Crippen LogP contribution in [0, 0.1) is 15.9 Å². The van der Waals surface area contributed by atoms with E-state index in [9.17, 15) is 14.5 Å². The van der Waals surface area contributed by atoms with Crippen LogP contribution >= 0.6 is 11.6 Å². The first-order valence-electron chi connectivity index (χ1n) is 5.37. The van der Waals surface area contributed by atoms with E-state index in [1.54, 1.807) is 12.1 Å². The van der Waals surface area contributed by atoms with Gasteiger partial charge in [-0.15, -0.1) is 0 Å². The van der Waals surface area contributed by atoms with Crippen LogP contribution in [0.2, 0.25) is 5.02 Å². The third-order valence-corrected chi connectivity index (χ3v) is 2.72. The zero-order chi connectivity index (χ0) is 13.8. The Bertz CT molecular complexity index is 619. The Balaban J connectivity index is 2.07. The third-order valence-electron chi connectivity index (χ3n) is 2.42. The number of non-ortho nitro benzene ring substituents is 1. The number of hydrogen-bond donors (Lipinski definition) is 0. The largest absolute Gasteiger partial charge is 0.489 e. The summed E-state index contributed by atoms with van der Waals surface area (Å²) in [6, 6.07) is 10.2. The molecule has 0 aromatic heterocycles. The molecule has 0 atom stereocenters. The Morgan fingerprint density at radius 1 is 1.26 bits per heavy atom. The van der Waals surface area contributed by atoms with E-state index < -0.39 is 10.7 Å². The summed E-state index contributed by atoms with van der Waals surface area (Å²) in [6.07, 6.45) is 0. The summed E-state index contributed by atoms with van der Waals surface area (Å²) in [4.78, 5) is 10.1. The van der Waals surface area contributed by atoms with Crippen LogP contribution < -0.4 is 4.74 Å². The Morgan fingerprint density at radius 2 is 2.05 bits per heavy atom. The smallest absolute Gasteiger partial charge is 0.269 e. The minimum atomic E-state index is -0.571. The number of hydrogen-bond acceptors (Lipinski definition) is 3. The predicted molar refractivity (Wildman–Crippen MR) is 68.8 cm³/mol. The van der Waals surface area contributed by atoms with Gasteiger partial charge in [0.25, 0.3) is 5.69 Å². The first-order chi connectivity index (χ1) is 9.06. The normalized spacial score (nSPS) is 10.2. The van der Waals surface area contributed by atoms with E-state index in [1.807, 2.05) is 0 Å². The molecule has 2 aromatic carbocycles. The number of nitro benzene ring substituents is 1. The lowest BCUT2D eigenvalue weighted by Crippen LogP contribution is -1.97. The molecule has 2 rings (SSSR count). The lowest BCUT2D eigenvalue weighted by Gasteiger charge is -2.06. The number of ether oxygens (including phenoxy) is 1. The molecule has 0 saturated heterocycles. The number of halogens is 2. The van der Waals surface area contributed by atoms with Crippen LogP contribution in [-0.2, 0) is 6.61 Å². The average Bonchev–Trinajstić information content (AvgIpc) is 2.40. The SMILES string of the molecule is O=[N+]([O-])c1cccc(COc2ccc(Cl)c(F)c2)c1. The molecule has 0 spiro atoms. The second kappa shape index (κ2) is 5.67. The summed E-state index contributed by atoms with van der Waals surface area (Å²) in [6.45, 7) is 0.114. The van der Waals surface area contributed by atoms with Crippen LogP contribution in [0.15, 0.2) is 42.5 Å². The molecule has 2 aromatic rings. The molecule has 4 nitrogen and oxygen atoms in total. The fourth-order valence-electron chi connectivity index (χ4n) is 1.49. The molecule has 19 heavy (non-hydrogen) atoms. The monoisotopic (exact) mass is 281 g/mol. The minimum Gasteiger partial charge on any atom is -0.489 e. The molecule has 0 aliphatic rings. The van der Waals surface area contributed by atoms with Crippen molar-refractivity contribution >= 4 is 17.3 Å². The molecule has 0 aliphatic carbocycles. The second-order valence-electron chi connectivity index (χ2n) is 3.79. The summed E-state index contributed by atoms with van der Waals surface area (Å²) in [5.41, 5.74) is 0.618. The molecule has 0 unspecified atom stereocenters. The maximum atomic E-state index is 13.2.